The zero-order valence-corrected chi connectivity index (χ0v) is 17.8. The van der Waals surface area contributed by atoms with E-state index < -0.39 is 6.04 Å². The summed E-state index contributed by atoms with van der Waals surface area (Å²) in [4.78, 5) is 31.8. The molecule has 0 fully saturated rings. The minimum atomic E-state index is -0.736. The first kappa shape index (κ1) is 20.1. The number of H-pyrrole nitrogens is 1. The van der Waals surface area contributed by atoms with Gasteiger partial charge in [-0.15, -0.1) is 0 Å². The van der Waals surface area contributed by atoms with Crippen LogP contribution in [0.1, 0.15) is 29.2 Å². The van der Waals surface area contributed by atoms with Gasteiger partial charge in [-0.1, -0.05) is 66.7 Å². The van der Waals surface area contributed by atoms with Crippen molar-refractivity contribution in [3.8, 4) is 0 Å². The van der Waals surface area contributed by atoms with E-state index in [2.05, 4.69) is 16.4 Å². The van der Waals surface area contributed by atoms with Gasteiger partial charge in [0.1, 0.15) is 6.04 Å². The van der Waals surface area contributed by atoms with Crippen molar-refractivity contribution in [2.45, 2.75) is 25.3 Å². The number of aromatic nitrogens is 1. The highest BCUT2D eigenvalue weighted by Crippen LogP contribution is 2.29. The van der Waals surface area contributed by atoms with Crippen LogP contribution in [0.25, 0.3) is 10.9 Å². The quantitative estimate of drug-likeness (QED) is 0.495. The van der Waals surface area contributed by atoms with Crippen molar-refractivity contribution in [3.63, 3.8) is 0 Å². The molecule has 160 valence electrons. The smallest absolute Gasteiger partial charge is 0.254 e. The average molecular weight is 424 g/mol. The van der Waals surface area contributed by atoms with E-state index in [1.807, 2.05) is 83.9 Å². The first-order valence-electron chi connectivity index (χ1n) is 11.0. The third kappa shape index (κ3) is 3.89. The molecule has 0 saturated heterocycles. The molecule has 1 aromatic heterocycles. The first-order chi connectivity index (χ1) is 15.7. The second kappa shape index (κ2) is 8.71. The monoisotopic (exact) mass is 423 g/mol. The van der Waals surface area contributed by atoms with Gasteiger partial charge in [-0.25, -0.2) is 0 Å². The number of rotatable bonds is 5. The summed E-state index contributed by atoms with van der Waals surface area (Å²) in [6.07, 6.45) is 3.94. The fourth-order valence-corrected chi connectivity index (χ4v) is 4.51. The van der Waals surface area contributed by atoms with Gasteiger partial charge < -0.3 is 15.2 Å². The Kier molecular flexibility index (Phi) is 5.46. The molecule has 1 atom stereocenters. The lowest BCUT2D eigenvalue weighted by Crippen LogP contribution is -2.45. The van der Waals surface area contributed by atoms with Gasteiger partial charge in [0, 0.05) is 29.3 Å². The Morgan fingerprint density at radius 1 is 0.938 bits per heavy atom. The number of aromatic amines is 1. The largest absolute Gasteiger partial charge is 0.361 e. The number of anilines is 1. The van der Waals surface area contributed by atoms with Crippen LogP contribution in [0.3, 0.4) is 0 Å². The van der Waals surface area contributed by atoms with E-state index in [9.17, 15) is 9.59 Å². The summed E-state index contributed by atoms with van der Waals surface area (Å²) in [6, 6.07) is 24.7. The number of hydrogen-bond donors (Lipinski definition) is 2. The second-order valence-electron chi connectivity index (χ2n) is 8.17. The maximum absolute atomic E-state index is 13.7. The van der Waals surface area contributed by atoms with Gasteiger partial charge in [0.2, 0.25) is 5.91 Å². The number of fused-ring (bicyclic) bond motifs is 2. The van der Waals surface area contributed by atoms with Crippen molar-refractivity contribution < 1.29 is 9.59 Å². The molecule has 3 aromatic carbocycles. The molecule has 0 aliphatic carbocycles. The molecule has 5 rings (SSSR count). The number of carbonyl (C=O) groups excluding carboxylic acids is 2. The molecule has 1 unspecified atom stereocenters. The number of para-hydroxylation sites is 2. The molecule has 5 nitrogen and oxygen atoms in total. The minimum Gasteiger partial charge on any atom is -0.361 e. The molecular formula is C27H25N3O2. The standard InChI is InChI=1S/C27H25N3O2/c31-25(17-21-18-28-23-14-6-5-13-22(21)23)29-26(20-10-2-1-3-11-20)27(32)30-16-8-12-19-9-4-7-15-24(19)30/h1-7,9-11,13-15,18,26,28H,8,12,16-17H2,(H,29,31). The van der Waals surface area contributed by atoms with Crippen molar-refractivity contribution in [2.24, 2.45) is 0 Å². The minimum absolute atomic E-state index is 0.101. The van der Waals surface area contributed by atoms with Gasteiger partial charge in [-0.3, -0.25) is 9.59 Å². The molecule has 0 spiro atoms. The Morgan fingerprint density at radius 2 is 1.69 bits per heavy atom. The highest BCUT2D eigenvalue weighted by molar-refractivity contribution is 6.01. The lowest BCUT2D eigenvalue weighted by atomic mass is 9.99. The van der Waals surface area contributed by atoms with Crippen LogP contribution < -0.4 is 10.2 Å². The van der Waals surface area contributed by atoms with Gasteiger partial charge in [0.15, 0.2) is 0 Å². The Hall–Kier alpha value is -3.86. The van der Waals surface area contributed by atoms with E-state index >= 15 is 0 Å². The van der Waals surface area contributed by atoms with E-state index in [-0.39, 0.29) is 18.2 Å². The Morgan fingerprint density at radius 3 is 2.56 bits per heavy atom. The van der Waals surface area contributed by atoms with E-state index in [1.165, 1.54) is 5.56 Å². The van der Waals surface area contributed by atoms with Gasteiger partial charge in [0.25, 0.3) is 5.91 Å². The fraction of sp³-hybridized carbons (Fsp3) is 0.185. The van der Waals surface area contributed by atoms with Crippen LogP contribution in [0.15, 0.2) is 85.1 Å². The molecule has 2 N–H and O–H groups in total. The maximum atomic E-state index is 13.7. The molecule has 2 heterocycles. The van der Waals surface area contributed by atoms with E-state index in [0.717, 1.165) is 40.6 Å². The summed E-state index contributed by atoms with van der Waals surface area (Å²) in [6.45, 7) is 0.650. The second-order valence-corrected chi connectivity index (χ2v) is 8.17. The summed E-state index contributed by atoms with van der Waals surface area (Å²) >= 11 is 0. The number of nitrogens with zero attached hydrogens (tertiary/aromatic N) is 1. The Balaban J connectivity index is 1.42. The molecule has 1 aliphatic rings. The molecule has 1 aliphatic heterocycles. The van der Waals surface area contributed by atoms with Crippen LogP contribution in [0.5, 0.6) is 0 Å². The molecule has 4 aromatic rings. The molecule has 0 radical (unpaired) electrons. The van der Waals surface area contributed by atoms with Gasteiger partial charge >= 0.3 is 0 Å². The average Bonchev–Trinajstić information content (AvgIpc) is 3.25. The van der Waals surface area contributed by atoms with Gasteiger partial charge in [-0.2, -0.15) is 0 Å². The number of aryl methyl sites for hydroxylation is 1. The van der Waals surface area contributed by atoms with Gasteiger partial charge in [-0.05, 0) is 41.7 Å². The van der Waals surface area contributed by atoms with E-state index in [1.54, 1.807) is 0 Å². The molecular weight excluding hydrogens is 398 g/mol. The van der Waals surface area contributed by atoms with Gasteiger partial charge in [0.05, 0.1) is 6.42 Å². The molecule has 5 heteroatoms. The van der Waals surface area contributed by atoms with Crippen molar-refractivity contribution in [3.05, 3.63) is 102 Å². The summed E-state index contributed by atoms with van der Waals surface area (Å²) in [5.74, 6) is -0.280. The van der Waals surface area contributed by atoms with Crippen molar-refractivity contribution in [1.82, 2.24) is 10.3 Å². The lowest BCUT2D eigenvalue weighted by molar-refractivity contribution is -0.127. The first-order valence-corrected chi connectivity index (χ1v) is 11.0. The Labute approximate surface area is 187 Å². The summed E-state index contributed by atoms with van der Waals surface area (Å²) in [5.41, 5.74) is 4.81. The van der Waals surface area contributed by atoms with Crippen LogP contribution in [-0.2, 0) is 22.4 Å². The summed E-state index contributed by atoms with van der Waals surface area (Å²) in [7, 11) is 0. The lowest BCUT2D eigenvalue weighted by Gasteiger charge is -2.32. The maximum Gasteiger partial charge on any atom is 0.254 e. The zero-order valence-electron chi connectivity index (χ0n) is 17.8. The number of benzene rings is 3. The molecule has 0 saturated carbocycles. The van der Waals surface area contributed by atoms with Crippen molar-refractivity contribution in [1.29, 1.82) is 0 Å². The van der Waals surface area contributed by atoms with Crippen LogP contribution in [0.2, 0.25) is 0 Å². The van der Waals surface area contributed by atoms with Crippen molar-refractivity contribution in [2.75, 3.05) is 11.4 Å². The number of carbonyl (C=O) groups is 2. The zero-order chi connectivity index (χ0) is 21.9. The number of amides is 2. The third-order valence-corrected chi connectivity index (χ3v) is 6.09. The van der Waals surface area contributed by atoms with Crippen LogP contribution in [0.4, 0.5) is 5.69 Å². The number of hydrogen-bond acceptors (Lipinski definition) is 2. The fourth-order valence-electron chi connectivity index (χ4n) is 4.51. The SMILES string of the molecule is O=C(Cc1c[nH]c2ccccc12)NC(C(=O)N1CCCc2ccccc21)c1ccccc1. The summed E-state index contributed by atoms with van der Waals surface area (Å²) in [5, 5.41) is 4.04. The summed E-state index contributed by atoms with van der Waals surface area (Å²) < 4.78 is 0. The third-order valence-electron chi connectivity index (χ3n) is 6.09. The highest BCUT2D eigenvalue weighted by atomic mass is 16.2. The topological polar surface area (TPSA) is 65.2 Å². The number of nitrogens with one attached hydrogen (secondary N) is 2. The molecule has 32 heavy (non-hydrogen) atoms. The van der Waals surface area contributed by atoms with Crippen LogP contribution in [-0.4, -0.2) is 23.3 Å². The normalized spacial score (nSPS) is 14.1. The van der Waals surface area contributed by atoms with E-state index in [4.69, 9.17) is 0 Å². The van der Waals surface area contributed by atoms with Crippen molar-refractivity contribution >= 4 is 28.4 Å². The van der Waals surface area contributed by atoms with Crippen LogP contribution in [0, 0.1) is 0 Å². The predicted octanol–water partition coefficient (Wildman–Crippen LogP) is 4.55. The molecule has 2 amide bonds. The highest BCUT2D eigenvalue weighted by Gasteiger charge is 2.31. The molecule has 0 bridgehead atoms. The predicted molar refractivity (Wildman–Crippen MR) is 126 cm³/mol. The van der Waals surface area contributed by atoms with E-state index in [0.29, 0.717) is 6.54 Å². The Bertz CT molecular complexity index is 1260. The van der Waals surface area contributed by atoms with Crippen LogP contribution >= 0.6 is 0 Å².